The van der Waals surface area contributed by atoms with Gasteiger partial charge in [0.05, 0.1) is 39.1 Å². The number of nitriles is 1. The molecule has 0 aliphatic rings. The van der Waals surface area contributed by atoms with Gasteiger partial charge in [-0.2, -0.15) is 18.4 Å². The predicted octanol–water partition coefficient (Wildman–Crippen LogP) is 5.05. The van der Waals surface area contributed by atoms with E-state index in [0.29, 0.717) is 57.3 Å². The molecule has 0 amide bonds. The minimum atomic E-state index is -4.43. The van der Waals surface area contributed by atoms with Crippen LogP contribution in [0.5, 0.6) is 17.2 Å². The zero-order valence-electron chi connectivity index (χ0n) is 23.8. The standard InChI is InChI=1S/C27H27F3N8O3S2/c1-37(2)10-11-38-26(34-35-36-38)43-24-19(14-31)22(17-12-20(39-3)23(41-5)21(13-17)40-4)32-25(33-24)42-15-16-6-8-18(9-7-16)27(28,29)30/h6-9,12-13H,10-11,15H2,1-5H3. The van der Waals surface area contributed by atoms with Gasteiger partial charge in [-0.05, 0) is 66.1 Å². The Kier molecular flexibility index (Phi) is 10.3. The summed E-state index contributed by atoms with van der Waals surface area (Å²) in [6, 6.07) is 10.4. The Morgan fingerprint density at radius 2 is 1.67 bits per heavy atom. The van der Waals surface area contributed by atoms with Gasteiger partial charge in [-0.3, -0.25) is 0 Å². The number of rotatable bonds is 12. The summed E-state index contributed by atoms with van der Waals surface area (Å²) < 4.78 is 57.1. The Morgan fingerprint density at radius 1 is 1.00 bits per heavy atom. The lowest BCUT2D eigenvalue weighted by Crippen LogP contribution is -2.19. The smallest absolute Gasteiger partial charge is 0.416 e. The highest BCUT2D eigenvalue weighted by Crippen LogP contribution is 2.43. The lowest BCUT2D eigenvalue weighted by Gasteiger charge is -2.16. The predicted molar refractivity (Wildman–Crippen MR) is 153 cm³/mol. The first-order chi connectivity index (χ1) is 20.6. The fraction of sp³-hybridized carbons (Fsp3) is 0.333. The zero-order chi connectivity index (χ0) is 31.1. The van der Waals surface area contributed by atoms with Crippen LogP contribution >= 0.6 is 23.5 Å². The van der Waals surface area contributed by atoms with Crippen LogP contribution < -0.4 is 14.2 Å². The molecule has 2 heterocycles. The third-order valence-corrected chi connectivity index (χ3v) is 7.88. The van der Waals surface area contributed by atoms with E-state index in [-0.39, 0.29) is 16.5 Å². The van der Waals surface area contributed by atoms with Crippen LogP contribution in [0.2, 0.25) is 0 Å². The Morgan fingerprint density at radius 3 is 2.23 bits per heavy atom. The monoisotopic (exact) mass is 632 g/mol. The fourth-order valence-electron chi connectivity index (χ4n) is 3.82. The molecule has 4 rings (SSSR count). The second-order valence-electron chi connectivity index (χ2n) is 9.13. The van der Waals surface area contributed by atoms with Crippen LogP contribution in [0, 0.1) is 11.3 Å². The number of hydrogen-bond acceptors (Lipinski definition) is 12. The van der Waals surface area contributed by atoms with Gasteiger partial charge in [0.2, 0.25) is 10.9 Å². The van der Waals surface area contributed by atoms with Crippen LogP contribution in [0.15, 0.2) is 51.7 Å². The number of alkyl halides is 3. The van der Waals surface area contributed by atoms with Crippen LogP contribution in [-0.2, 0) is 18.5 Å². The molecule has 226 valence electrons. The van der Waals surface area contributed by atoms with E-state index in [1.165, 1.54) is 45.2 Å². The summed E-state index contributed by atoms with van der Waals surface area (Å²) in [5.41, 5.74) is 0.869. The van der Waals surface area contributed by atoms with E-state index in [2.05, 4.69) is 31.6 Å². The molecule has 0 aliphatic carbocycles. The molecule has 0 fully saturated rings. The number of hydrogen-bond donors (Lipinski definition) is 0. The minimum absolute atomic E-state index is 0.167. The molecule has 0 N–H and O–H groups in total. The number of methoxy groups -OCH3 is 3. The molecule has 0 spiro atoms. The van der Waals surface area contributed by atoms with Crippen LogP contribution in [0.25, 0.3) is 11.3 Å². The molecule has 16 heteroatoms. The van der Waals surface area contributed by atoms with Gasteiger partial charge in [0, 0.05) is 17.9 Å². The number of tetrazole rings is 1. The summed E-state index contributed by atoms with van der Waals surface area (Å²) in [4.78, 5) is 11.3. The molecule has 2 aromatic heterocycles. The number of thioether (sulfide) groups is 1. The van der Waals surface area contributed by atoms with Crippen LogP contribution in [-0.4, -0.2) is 77.0 Å². The first kappa shape index (κ1) is 31.9. The van der Waals surface area contributed by atoms with E-state index in [1.54, 1.807) is 16.8 Å². The van der Waals surface area contributed by atoms with Crippen molar-refractivity contribution in [2.45, 2.75) is 33.8 Å². The number of halogens is 3. The van der Waals surface area contributed by atoms with Gasteiger partial charge >= 0.3 is 6.18 Å². The number of benzene rings is 2. The Labute approximate surface area is 254 Å². The summed E-state index contributed by atoms with van der Waals surface area (Å²) in [5.74, 6) is 1.37. The van der Waals surface area contributed by atoms with Crippen molar-refractivity contribution in [1.82, 2.24) is 35.1 Å². The molecular weight excluding hydrogens is 605 g/mol. The largest absolute Gasteiger partial charge is 0.493 e. The molecule has 0 radical (unpaired) electrons. The van der Waals surface area contributed by atoms with Crippen molar-refractivity contribution in [1.29, 1.82) is 5.26 Å². The molecule has 0 saturated carbocycles. The molecule has 11 nitrogen and oxygen atoms in total. The average Bonchev–Trinajstić information content (AvgIpc) is 3.44. The maximum Gasteiger partial charge on any atom is 0.416 e. The van der Waals surface area contributed by atoms with Crippen molar-refractivity contribution in [2.75, 3.05) is 42.0 Å². The van der Waals surface area contributed by atoms with E-state index >= 15 is 0 Å². The third-order valence-electron chi connectivity index (χ3n) is 6.00. The van der Waals surface area contributed by atoms with E-state index in [0.717, 1.165) is 23.9 Å². The third kappa shape index (κ3) is 7.66. The van der Waals surface area contributed by atoms with Crippen molar-refractivity contribution in [2.24, 2.45) is 0 Å². The van der Waals surface area contributed by atoms with Crippen molar-refractivity contribution < 1.29 is 27.4 Å². The highest BCUT2D eigenvalue weighted by Gasteiger charge is 2.30. The van der Waals surface area contributed by atoms with Gasteiger partial charge in [0.25, 0.3) is 0 Å². The zero-order valence-corrected chi connectivity index (χ0v) is 25.5. The Hall–Kier alpha value is -4.07. The topological polar surface area (TPSA) is 124 Å². The Balaban J connectivity index is 1.78. The molecule has 43 heavy (non-hydrogen) atoms. The molecule has 0 aliphatic heterocycles. The van der Waals surface area contributed by atoms with Gasteiger partial charge in [0.1, 0.15) is 16.7 Å². The molecule has 0 unspecified atom stereocenters. The SMILES string of the molecule is COc1cc(-c2nc(SCc3ccc(C(F)(F)F)cc3)nc(Sc3nnnn3CCN(C)C)c2C#N)cc(OC)c1OC. The van der Waals surface area contributed by atoms with E-state index < -0.39 is 11.7 Å². The lowest BCUT2D eigenvalue weighted by molar-refractivity contribution is -0.137. The highest BCUT2D eigenvalue weighted by atomic mass is 32.2. The summed E-state index contributed by atoms with van der Waals surface area (Å²) in [5, 5.41) is 23.3. The summed E-state index contributed by atoms with van der Waals surface area (Å²) >= 11 is 2.32. The molecular formula is C27H27F3N8O3S2. The molecule has 0 saturated heterocycles. The fourth-order valence-corrected chi connectivity index (χ4v) is 5.53. The summed E-state index contributed by atoms with van der Waals surface area (Å²) in [6.45, 7) is 1.18. The maximum atomic E-state index is 13.0. The molecule has 2 aromatic carbocycles. The van der Waals surface area contributed by atoms with Crippen molar-refractivity contribution in [3.05, 3.63) is 53.1 Å². The first-order valence-corrected chi connectivity index (χ1v) is 14.4. The van der Waals surface area contributed by atoms with Gasteiger partial charge in [-0.25, -0.2) is 14.6 Å². The number of likely N-dealkylation sites (N-methyl/N-ethyl adjacent to an activating group) is 1. The van der Waals surface area contributed by atoms with Crippen LogP contribution in [0.4, 0.5) is 13.2 Å². The molecule has 0 bridgehead atoms. The number of aromatic nitrogens is 6. The number of nitrogens with zero attached hydrogens (tertiary/aromatic N) is 8. The quantitative estimate of drug-likeness (QED) is 0.118. The first-order valence-electron chi connectivity index (χ1n) is 12.6. The maximum absolute atomic E-state index is 13.0. The lowest BCUT2D eigenvalue weighted by atomic mass is 10.1. The average molecular weight is 633 g/mol. The van der Waals surface area contributed by atoms with Crippen LogP contribution in [0.1, 0.15) is 16.7 Å². The van der Waals surface area contributed by atoms with Crippen molar-refractivity contribution in [3.8, 4) is 34.6 Å². The minimum Gasteiger partial charge on any atom is -0.493 e. The highest BCUT2D eigenvalue weighted by molar-refractivity contribution is 7.99. The molecule has 4 aromatic rings. The molecule has 0 atom stereocenters. The second kappa shape index (κ2) is 13.9. The van der Waals surface area contributed by atoms with E-state index in [4.69, 9.17) is 14.2 Å². The van der Waals surface area contributed by atoms with E-state index in [1.807, 2.05) is 19.0 Å². The van der Waals surface area contributed by atoms with Crippen molar-refractivity contribution in [3.63, 3.8) is 0 Å². The van der Waals surface area contributed by atoms with Gasteiger partial charge in [0.15, 0.2) is 16.7 Å². The summed E-state index contributed by atoms with van der Waals surface area (Å²) in [7, 11) is 8.30. The van der Waals surface area contributed by atoms with E-state index in [9.17, 15) is 18.4 Å². The number of ether oxygens (including phenoxy) is 3. The van der Waals surface area contributed by atoms with Gasteiger partial charge < -0.3 is 19.1 Å². The Bertz CT molecular complexity index is 1580. The second-order valence-corrected chi connectivity index (χ2v) is 11.0. The van der Waals surface area contributed by atoms with Crippen LogP contribution in [0.3, 0.4) is 0 Å². The van der Waals surface area contributed by atoms with Crippen molar-refractivity contribution >= 4 is 23.5 Å². The van der Waals surface area contributed by atoms with Gasteiger partial charge in [-0.1, -0.05) is 23.9 Å². The summed E-state index contributed by atoms with van der Waals surface area (Å²) in [6.07, 6.45) is -4.43. The normalized spacial score (nSPS) is 11.4. The van der Waals surface area contributed by atoms with Gasteiger partial charge in [-0.15, -0.1) is 5.10 Å².